The molecule has 1 fully saturated rings. The molecular weight excluding hydrogens is 370 g/mol. The quantitative estimate of drug-likeness (QED) is 0.707. The molecule has 0 unspecified atom stereocenters. The highest BCUT2D eigenvalue weighted by Gasteiger charge is 2.17. The number of carbonyl (C=O) groups excluding carboxylic acids is 1. The lowest BCUT2D eigenvalue weighted by Gasteiger charge is -2.27. The molecule has 0 saturated carbocycles. The first-order chi connectivity index (χ1) is 13.6. The summed E-state index contributed by atoms with van der Waals surface area (Å²) in [7, 11) is 1.91. The lowest BCUT2D eigenvalue weighted by atomic mass is 10.0. The van der Waals surface area contributed by atoms with Crippen molar-refractivity contribution in [2.75, 3.05) is 18.4 Å². The van der Waals surface area contributed by atoms with E-state index in [1.54, 1.807) is 0 Å². The van der Waals surface area contributed by atoms with Gasteiger partial charge >= 0.3 is 0 Å². The van der Waals surface area contributed by atoms with Crippen LogP contribution in [0, 0.1) is 6.92 Å². The third-order valence-electron chi connectivity index (χ3n) is 5.34. The maximum atomic E-state index is 12.9. The third kappa shape index (κ3) is 4.00. The summed E-state index contributed by atoms with van der Waals surface area (Å²) in [6, 6.07) is 7.87. The minimum absolute atomic E-state index is 0.101. The number of amides is 1. The van der Waals surface area contributed by atoms with Crippen LogP contribution >= 0.6 is 11.3 Å². The van der Waals surface area contributed by atoms with Gasteiger partial charge in [-0.1, -0.05) is 24.6 Å². The van der Waals surface area contributed by atoms with Crippen LogP contribution < -0.4 is 5.32 Å². The molecule has 2 aromatic heterocycles. The molecule has 1 saturated heterocycles. The molecule has 1 amide bonds. The fourth-order valence-electron chi connectivity index (χ4n) is 3.61. The smallest absolute Gasteiger partial charge is 0.257 e. The van der Waals surface area contributed by atoms with E-state index in [1.807, 2.05) is 48.4 Å². The van der Waals surface area contributed by atoms with Gasteiger partial charge in [0.25, 0.3) is 5.91 Å². The van der Waals surface area contributed by atoms with E-state index in [0.717, 1.165) is 47.7 Å². The van der Waals surface area contributed by atoms with Crippen LogP contribution in [0.4, 0.5) is 5.13 Å². The maximum Gasteiger partial charge on any atom is 0.257 e. The highest BCUT2D eigenvalue weighted by Crippen LogP contribution is 2.27. The van der Waals surface area contributed by atoms with Gasteiger partial charge < -0.3 is 0 Å². The summed E-state index contributed by atoms with van der Waals surface area (Å²) >= 11 is 1.44. The number of rotatable bonds is 5. The number of aryl methyl sites for hydroxylation is 1. The van der Waals surface area contributed by atoms with Crippen LogP contribution in [0.2, 0.25) is 0 Å². The number of nitrogens with zero attached hydrogens (tertiary/aromatic N) is 4. The molecule has 1 N–H and O–H groups in total. The van der Waals surface area contributed by atoms with Crippen molar-refractivity contribution in [3.8, 4) is 11.3 Å². The summed E-state index contributed by atoms with van der Waals surface area (Å²) in [4.78, 5) is 19.9. The molecule has 3 aromatic rings. The van der Waals surface area contributed by atoms with Crippen LogP contribution in [0.3, 0.4) is 0 Å². The van der Waals surface area contributed by atoms with E-state index in [1.165, 1.54) is 30.6 Å². The Morgan fingerprint density at radius 1 is 1.21 bits per heavy atom. The number of aromatic nitrogens is 3. The summed E-state index contributed by atoms with van der Waals surface area (Å²) in [5, 5.41) is 9.81. The van der Waals surface area contributed by atoms with E-state index >= 15 is 0 Å². The zero-order valence-corrected chi connectivity index (χ0v) is 17.1. The fraction of sp³-hybridized carbons (Fsp3) is 0.381. The molecule has 6 nitrogen and oxygen atoms in total. The molecule has 0 aliphatic carbocycles. The number of anilines is 1. The van der Waals surface area contributed by atoms with Gasteiger partial charge in [-0.25, -0.2) is 4.98 Å². The van der Waals surface area contributed by atoms with Crippen LogP contribution in [0.1, 0.15) is 40.9 Å². The normalized spacial score (nSPS) is 14.9. The minimum atomic E-state index is -0.101. The Morgan fingerprint density at radius 2 is 2.00 bits per heavy atom. The highest BCUT2D eigenvalue weighted by molar-refractivity contribution is 7.14. The molecule has 3 heterocycles. The van der Waals surface area contributed by atoms with Crippen LogP contribution in [-0.2, 0) is 13.6 Å². The second-order valence-electron chi connectivity index (χ2n) is 7.25. The topological polar surface area (TPSA) is 63.1 Å². The molecule has 0 radical (unpaired) electrons. The number of nitrogens with one attached hydrogen (secondary N) is 1. The predicted molar refractivity (Wildman–Crippen MR) is 113 cm³/mol. The van der Waals surface area contributed by atoms with Crippen molar-refractivity contribution in [2.45, 2.75) is 32.7 Å². The van der Waals surface area contributed by atoms with Crippen LogP contribution in [0.15, 0.2) is 35.8 Å². The first-order valence-electron chi connectivity index (χ1n) is 9.68. The first-order valence-corrected chi connectivity index (χ1v) is 10.6. The predicted octanol–water partition coefficient (Wildman–Crippen LogP) is 4.09. The van der Waals surface area contributed by atoms with Gasteiger partial charge in [-0.05, 0) is 44.5 Å². The van der Waals surface area contributed by atoms with Gasteiger partial charge in [-0.2, -0.15) is 5.10 Å². The number of carbonyl (C=O) groups is 1. The summed E-state index contributed by atoms with van der Waals surface area (Å²) < 4.78 is 1.82. The molecule has 1 aliphatic heterocycles. The van der Waals surface area contributed by atoms with Crippen LogP contribution in [0.5, 0.6) is 0 Å². The fourth-order valence-corrected chi connectivity index (χ4v) is 4.31. The van der Waals surface area contributed by atoms with Gasteiger partial charge in [0.05, 0.1) is 11.9 Å². The standard InChI is InChI=1S/C21H25N5OS/c1-15-18(12-22-25(15)2)19-14-28-21(23-19)24-20(27)17-9-5-4-8-16(17)13-26-10-6-3-7-11-26/h4-5,8-9,12,14H,3,6-7,10-11,13H2,1-2H3,(H,23,24,27). The van der Waals surface area contributed by atoms with Crippen molar-refractivity contribution in [3.05, 3.63) is 52.7 Å². The lowest BCUT2D eigenvalue weighted by molar-refractivity contribution is 0.102. The SMILES string of the molecule is Cc1c(-c2csc(NC(=O)c3ccccc3CN3CCCCC3)n2)cnn1C. The molecule has 0 bridgehead atoms. The lowest BCUT2D eigenvalue weighted by Crippen LogP contribution is -2.30. The summed E-state index contributed by atoms with van der Waals surface area (Å²) in [6.07, 6.45) is 5.60. The molecule has 1 aliphatic rings. The average Bonchev–Trinajstić information content (AvgIpc) is 3.30. The largest absolute Gasteiger partial charge is 0.299 e. The minimum Gasteiger partial charge on any atom is -0.299 e. The van der Waals surface area contributed by atoms with Gasteiger partial charge in [0.15, 0.2) is 5.13 Å². The Balaban J connectivity index is 1.49. The molecule has 1 aromatic carbocycles. The summed E-state index contributed by atoms with van der Waals surface area (Å²) in [5.41, 5.74) is 4.68. The second-order valence-corrected chi connectivity index (χ2v) is 8.11. The van der Waals surface area contributed by atoms with Crippen molar-refractivity contribution >= 4 is 22.4 Å². The number of thiazole rings is 1. The van der Waals surface area contributed by atoms with E-state index < -0.39 is 0 Å². The van der Waals surface area contributed by atoms with Crippen molar-refractivity contribution in [2.24, 2.45) is 7.05 Å². The van der Waals surface area contributed by atoms with Gasteiger partial charge in [-0.3, -0.25) is 19.7 Å². The van der Waals surface area contributed by atoms with Crippen molar-refractivity contribution in [1.82, 2.24) is 19.7 Å². The van der Waals surface area contributed by atoms with E-state index in [2.05, 4.69) is 26.4 Å². The van der Waals surface area contributed by atoms with E-state index in [9.17, 15) is 4.79 Å². The number of piperidine rings is 1. The Hall–Kier alpha value is -2.51. The molecule has 0 atom stereocenters. The number of likely N-dealkylation sites (tertiary alicyclic amines) is 1. The van der Waals surface area contributed by atoms with E-state index in [0.29, 0.717) is 5.13 Å². The zero-order valence-electron chi connectivity index (χ0n) is 16.3. The Kier molecular flexibility index (Phi) is 5.54. The Labute approximate surface area is 169 Å². The highest BCUT2D eigenvalue weighted by atomic mass is 32.1. The summed E-state index contributed by atoms with van der Waals surface area (Å²) in [5.74, 6) is -0.101. The molecule has 146 valence electrons. The van der Waals surface area contributed by atoms with Crippen molar-refractivity contribution in [1.29, 1.82) is 0 Å². The maximum absolute atomic E-state index is 12.9. The first kappa shape index (κ1) is 18.8. The third-order valence-corrected chi connectivity index (χ3v) is 6.10. The Bertz CT molecular complexity index is 971. The summed E-state index contributed by atoms with van der Waals surface area (Å²) in [6.45, 7) is 5.05. The molecule has 7 heteroatoms. The van der Waals surface area contributed by atoms with Gasteiger partial charge in [0.1, 0.15) is 0 Å². The molecule has 0 spiro atoms. The molecular formula is C21H25N5OS. The average molecular weight is 396 g/mol. The number of benzene rings is 1. The second kappa shape index (κ2) is 8.24. The monoisotopic (exact) mass is 395 g/mol. The number of hydrogen-bond donors (Lipinski definition) is 1. The van der Waals surface area contributed by atoms with Gasteiger partial charge in [0.2, 0.25) is 0 Å². The van der Waals surface area contributed by atoms with E-state index in [4.69, 9.17) is 0 Å². The van der Waals surface area contributed by atoms with E-state index in [-0.39, 0.29) is 5.91 Å². The number of hydrogen-bond acceptors (Lipinski definition) is 5. The van der Waals surface area contributed by atoms with Gasteiger partial charge in [-0.15, -0.1) is 11.3 Å². The van der Waals surface area contributed by atoms with Crippen LogP contribution in [-0.4, -0.2) is 38.7 Å². The molecule has 28 heavy (non-hydrogen) atoms. The zero-order chi connectivity index (χ0) is 19.5. The van der Waals surface area contributed by atoms with Crippen molar-refractivity contribution < 1.29 is 4.79 Å². The van der Waals surface area contributed by atoms with Crippen LogP contribution in [0.25, 0.3) is 11.3 Å². The Morgan fingerprint density at radius 3 is 2.75 bits per heavy atom. The molecule has 4 rings (SSSR count). The van der Waals surface area contributed by atoms with Crippen molar-refractivity contribution in [3.63, 3.8) is 0 Å². The van der Waals surface area contributed by atoms with Gasteiger partial charge in [0, 0.05) is 35.8 Å².